The Hall–Kier alpha value is -2.29. The molecule has 3 atom stereocenters. The molecule has 1 aliphatic rings. The third-order valence-electron chi connectivity index (χ3n) is 5.25. The van der Waals surface area contributed by atoms with Crippen LogP contribution in [-0.2, 0) is 10.0 Å². The fraction of sp³-hybridized carbons (Fsp3) is 0.429. The predicted molar refractivity (Wildman–Crippen MR) is 115 cm³/mol. The van der Waals surface area contributed by atoms with E-state index in [4.69, 9.17) is 22.9 Å². The zero-order chi connectivity index (χ0) is 23.7. The molecule has 1 aliphatic heterocycles. The number of halogens is 2. The van der Waals surface area contributed by atoms with Crippen molar-refractivity contribution in [3.05, 3.63) is 58.8 Å². The van der Waals surface area contributed by atoms with E-state index in [-0.39, 0.29) is 40.4 Å². The Labute approximate surface area is 191 Å². The zero-order valence-electron chi connectivity index (χ0n) is 17.4. The summed E-state index contributed by atoms with van der Waals surface area (Å²) in [6, 6.07) is 6.19. The minimum absolute atomic E-state index is 0.000983. The molecule has 2 aromatic rings. The Morgan fingerprint density at radius 1 is 1.41 bits per heavy atom. The van der Waals surface area contributed by atoms with Crippen LogP contribution in [0, 0.1) is 18.3 Å². The molecule has 32 heavy (non-hydrogen) atoms. The summed E-state index contributed by atoms with van der Waals surface area (Å²) in [4.78, 5) is 6.89. The Kier molecular flexibility index (Phi) is 7.07. The highest BCUT2D eigenvalue weighted by Crippen LogP contribution is 2.35. The van der Waals surface area contributed by atoms with Crippen molar-refractivity contribution < 1.29 is 27.8 Å². The molecule has 8 nitrogen and oxygen atoms in total. The average molecular weight is 484 g/mol. The molecule has 0 radical (unpaired) electrons. The van der Waals surface area contributed by atoms with Gasteiger partial charge >= 0.3 is 0 Å². The fourth-order valence-electron chi connectivity index (χ4n) is 3.55. The smallest absolute Gasteiger partial charge is 0.260 e. The second-order valence-electron chi connectivity index (χ2n) is 8.08. The van der Waals surface area contributed by atoms with E-state index >= 15 is 0 Å². The van der Waals surface area contributed by atoms with Gasteiger partial charge in [-0.05, 0) is 36.6 Å². The number of hydrogen-bond donors (Lipinski definition) is 2. The van der Waals surface area contributed by atoms with Crippen LogP contribution >= 0.6 is 11.6 Å². The number of β-amino-alcohol motifs (C(OH)–C–C–N with tert-alkyl or cyclic N) is 1. The van der Waals surface area contributed by atoms with E-state index in [1.54, 1.807) is 0 Å². The Morgan fingerprint density at radius 3 is 2.69 bits per heavy atom. The van der Waals surface area contributed by atoms with Crippen LogP contribution < -0.4 is 4.74 Å². The highest BCUT2D eigenvalue weighted by molar-refractivity contribution is 7.89. The van der Waals surface area contributed by atoms with Crippen molar-refractivity contribution in [2.45, 2.75) is 43.1 Å². The van der Waals surface area contributed by atoms with Crippen LogP contribution in [0.25, 0.3) is 4.85 Å². The molecule has 1 aromatic heterocycles. The van der Waals surface area contributed by atoms with Gasteiger partial charge in [-0.2, -0.15) is 4.31 Å². The number of hydrogen-bond acceptors (Lipinski definition) is 6. The number of nitrogens with zero attached hydrogens (tertiary/aromatic N) is 3. The predicted octanol–water partition coefficient (Wildman–Crippen LogP) is 3.01. The second-order valence-corrected chi connectivity index (χ2v) is 10.4. The molecule has 0 unspecified atom stereocenters. The Bertz CT molecular complexity index is 1120. The third kappa shape index (κ3) is 4.87. The van der Waals surface area contributed by atoms with Crippen molar-refractivity contribution in [3.63, 3.8) is 0 Å². The van der Waals surface area contributed by atoms with Crippen LogP contribution in [0.5, 0.6) is 5.75 Å². The molecule has 0 aliphatic carbocycles. The number of sulfonamides is 1. The molecule has 11 heteroatoms. The van der Waals surface area contributed by atoms with Crippen molar-refractivity contribution >= 4 is 27.3 Å². The van der Waals surface area contributed by atoms with E-state index in [9.17, 15) is 23.0 Å². The number of pyridine rings is 1. The third-order valence-corrected chi connectivity index (χ3v) is 7.20. The van der Waals surface area contributed by atoms with Gasteiger partial charge in [0.25, 0.3) is 10.0 Å². The average Bonchev–Trinajstić information content (AvgIpc) is 3.06. The summed E-state index contributed by atoms with van der Waals surface area (Å²) in [5.74, 6) is -0.802. The lowest BCUT2D eigenvalue weighted by Gasteiger charge is -2.34. The summed E-state index contributed by atoms with van der Waals surface area (Å²) in [5, 5.41) is 22.1. The maximum Gasteiger partial charge on any atom is 0.260 e. The van der Waals surface area contributed by atoms with Crippen molar-refractivity contribution in [1.29, 1.82) is 0 Å². The van der Waals surface area contributed by atoms with Gasteiger partial charge in [0.15, 0.2) is 5.03 Å². The summed E-state index contributed by atoms with van der Waals surface area (Å²) in [6.45, 7) is 9.89. The molecular weight excluding hydrogens is 461 g/mol. The van der Waals surface area contributed by atoms with E-state index < -0.39 is 40.2 Å². The van der Waals surface area contributed by atoms with Gasteiger partial charge in [-0.25, -0.2) is 22.6 Å². The molecule has 1 fully saturated rings. The van der Waals surface area contributed by atoms with Gasteiger partial charge in [0, 0.05) is 18.8 Å². The van der Waals surface area contributed by atoms with Gasteiger partial charge in [0.2, 0.25) is 5.69 Å². The molecule has 0 saturated carbocycles. The summed E-state index contributed by atoms with van der Waals surface area (Å²) >= 11 is 5.79. The van der Waals surface area contributed by atoms with Crippen molar-refractivity contribution in [3.8, 4) is 5.75 Å². The minimum Gasteiger partial charge on any atom is -0.486 e. The van der Waals surface area contributed by atoms with Crippen LogP contribution in [-0.4, -0.2) is 58.8 Å². The molecule has 2 N–H and O–H groups in total. The number of ether oxygens (including phenoxy) is 1. The van der Waals surface area contributed by atoms with Gasteiger partial charge in [-0.15, -0.1) is 0 Å². The van der Waals surface area contributed by atoms with Crippen LogP contribution in [0.15, 0.2) is 41.6 Å². The lowest BCUT2D eigenvalue weighted by atomic mass is 9.87. The first-order valence-electron chi connectivity index (χ1n) is 9.83. The zero-order valence-corrected chi connectivity index (χ0v) is 19.0. The van der Waals surface area contributed by atoms with Gasteiger partial charge in [-0.1, -0.05) is 25.4 Å². The molecular formula is C21H23ClFN3O5S. The quantitative estimate of drug-likeness (QED) is 0.587. The van der Waals surface area contributed by atoms with Crippen LogP contribution in [0.1, 0.15) is 20.3 Å². The van der Waals surface area contributed by atoms with E-state index in [0.717, 1.165) is 10.4 Å². The first-order chi connectivity index (χ1) is 15.0. The fourth-order valence-corrected chi connectivity index (χ4v) is 5.06. The maximum atomic E-state index is 14.0. The van der Waals surface area contributed by atoms with Crippen LogP contribution in [0.2, 0.25) is 5.02 Å². The van der Waals surface area contributed by atoms with Gasteiger partial charge in [-0.3, -0.25) is 0 Å². The maximum absolute atomic E-state index is 14.0. The second kappa shape index (κ2) is 9.29. The molecule has 2 heterocycles. The van der Waals surface area contributed by atoms with Crippen molar-refractivity contribution in [1.82, 2.24) is 9.29 Å². The van der Waals surface area contributed by atoms with Crippen molar-refractivity contribution in [2.24, 2.45) is 5.92 Å². The molecule has 0 bridgehead atoms. The number of aliphatic hydroxyl groups excluding tert-OH is 1. The molecule has 0 amide bonds. The van der Waals surface area contributed by atoms with Crippen LogP contribution in [0.3, 0.4) is 0 Å². The van der Waals surface area contributed by atoms with E-state index in [1.807, 2.05) is 13.8 Å². The first kappa shape index (κ1) is 24.4. The number of aromatic nitrogens is 1. The standard InChI is InChI=1S/C21H23ClFN3O5S/c1-13(2)8-18(27)21(28)12-26(32(29,30)20-7-4-14(22)10-25-20)11-19(21)31-15-5-6-17(24-3)16(23)9-15/h4-7,9-10,13,18-19,27-28H,8,11-12H2,1-2H3/t18-,19+,21-/m1/s1. The summed E-state index contributed by atoms with van der Waals surface area (Å²) in [6.07, 6.45) is -1.12. The molecule has 172 valence electrons. The van der Waals surface area contributed by atoms with E-state index in [2.05, 4.69) is 9.83 Å². The topological polar surface area (TPSA) is 104 Å². The monoisotopic (exact) mass is 483 g/mol. The van der Waals surface area contributed by atoms with E-state index in [0.29, 0.717) is 0 Å². The SMILES string of the molecule is [C-]#[N+]c1ccc(O[C@H]2CN(S(=O)(=O)c3ccc(Cl)cn3)C[C@@]2(O)[C@H](O)CC(C)C)cc1F. The molecule has 0 spiro atoms. The molecule has 1 aromatic carbocycles. The van der Waals surface area contributed by atoms with E-state index in [1.165, 1.54) is 30.5 Å². The Morgan fingerprint density at radius 2 is 2.12 bits per heavy atom. The van der Waals surface area contributed by atoms with Gasteiger partial charge in [0.05, 0.1) is 24.2 Å². The number of rotatable bonds is 7. The highest BCUT2D eigenvalue weighted by atomic mass is 35.5. The highest BCUT2D eigenvalue weighted by Gasteiger charge is 2.55. The lowest BCUT2D eigenvalue weighted by Crippen LogP contribution is -2.54. The van der Waals surface area contributed by atoms with Crippen molar-refractivity contribution in [2.75, 3.05) is 13.1 Å². The minimum atomic E-state index is -4.13. The summed E-state index contributed by atoms with van der Waals surface area (Å²) < 4.78 is 46.9. The lowest BCUT2D eigenvalue weighted by molar-refractivity contribution is -0.117. The largest absolute Gasteiger partial charge is 0.486 e. The number of aliphatic hydroxyl groups is 2. The first-order valence-corrected chi connectivity index (χ1v) is 11.6. The number of benzene rings is 1. The normalized spacial score (nSPS) is 22.6. The van der Waals surface area contributed by atoms with Gasteiger partial charge < -0.3 is 14.9 Å². The molecule has 3 rings (SSSR count). The van der Waals surface area contributed by atoms with Gasteiger partial charge in [0.1, 0.15) is 23.3 Å². The summed E-state index contributed by atoms with van der Waals surface area (Å²) in [5.41, 5.74) is -2.16. The molecule has 1 saturated heterocycles. The summed E-state index contributed by atoms with van der Waals surface area (Å²) in [7, 11) is -4.13. The van der Waals surface area contributed by atoms with Crippen LogP contribution in [0.4, 0.5) is 10.1 Å². The Balaban J connectivity index is 1.94.